The molecule has 0 fully saturated rings. The van der Waals surface area contributed by atoms with Crippen LogP contribution in [0.1, 0.15) is 17.5 Å². The molecule has 9 nitrogen and oxygen atoms in total. The number of nitrogens with one attached hydrogen (secondary N) is 2. The van der Waals surface area contributed by atoms with Gasteiger partial charge in [0.25, 0.3) is 5.69 Å². The first-order valence-corrected chi connectivity index (χ1v) is 10.4. The third-order valence-corrected chi connectivity index (χ3v) is 5.45. The zero-order valence-corrected chi connectivity index (χ0v) is 17.0. The highest BCUT2D eigenvalue weighted by Gasteiger charge is 2.17. The number of carbonyl (C=O) groups is 1. The monoisotopic (exact) mass is 421 g/mol. The van der Waals surface area contributed by atoms with E-state index in [1.165, 1.54) is 18.2 Å². The lowest BCUT2D eigenvalue weighted by Crippen LogP contribution is -2.35. The van der Waals surface area contributed by atoms with Gasteiger partial charge >= 0.3 is 0 Å². The molecule has 0 bridgehead atoms. The van der Waals surface area contributed by atoms with Crippen LogP contribution in [-0.4, -0.2) is 38.9 Å². The number of carbonyl (C=O) groups excluding carboxylic acids is 1. The Morgan fingerprint density at radius 3 is 2.59 bits per heavy atom. The van der Waals surface area contributed by atoms with Gasteiger partial charge in [0, 0.05) is 25.2 Å². The second kappa shape index (κ2) is 9.99. The lowest BCUT2D eigenvalue weighted by Gasteiger charge is -2.10. The number of nitro groups is 1. The Kier molecular flexibility index (Phi) is 7.68. The maximum Gasteiger partial charge on any atom is 0.270 e. The summed E-state index contributed by atoms with van der Waals surface area (Å²) in [5.74, 6) is 0.442. The van der Waals surface area contributed by atoms with Crippen molar-refractivity contribution in [3.8, 4) is 5.75 Å². The van der Waals surface area contributed by atoms with E-state index in [4.69, 9.17) is 4.74 Å². The summed E-state index contributed by atoms with van der Waals surface area (Å²) in [7, 11) is -3.91. The van der Waals surface area contributed by atoms with Gasteiger partial charge in [-0.15, -0.1) is 0 Å². The molecule has 0 spiro atoms. The number of non-ortho nitro benzene ring substituents is 1. The van der Waals surface area contributed by atoms with Crippen molar-refractivity contribution in [1.29, 1.82) is 0 Å². The smallest absolute Gasteiger partial charge is 0.270 e. The lowest BCUT2D eigenvalue weighted by atomic mass is 10.1. The molecule has 10 heteroatoms. The molecule has 2 rings (SSSR count). The van der Waals surface area contributed by atoms with E-state index in [0.717, 1.165) is 17.2 Å². The van der Waals surface area contributed by atoms with Crippen molar-refractivity contribution in [2.24, 2.45) is 0 Å². The van der Waals surface area contributed by atoms with Crippen LogP contribution in [0.25, 0.3) is 0 Å². The summed E-state index contributed by atoms with van der Waals surface area (Å²) in [5, 5.41) is 13.4. The van der Waals surface area contributed by atoms with Gasteiger partial charge in [0.05, 0.1) is 22.8 Å². The zero-order chi connectivity index (χ0) is 21.4. The summed E-state index contributed by atoms with van der Waals surface area (Å²) in [6.07, 6.45) is 0.130. The molecule has 0 radical (unpaired) electrons. The van der Waals surface area contributed by atoms with Gasteiger partial charge in [-0.25, -0.2) is 13.1 Å². The first kappa shape index (κ1) is 22.3. The van der Waals surface area contributed by atoms with Crippen LogP contribution in [0.5, 0.6) is 5.75 Å². The number of rotatable bonds is 10. The minimum atomic E-state index is -3.91. The van der Waals surface area contributed by atoms with Crippen LogP contribution in [0.3, 0.4) is 0 Å². The maximum absolute atomic E-state index is 12.2. The van der Waals surface area contributed by atoms with Gasteiger partial charge in [0.1, 0.15) is 5.75 Å². The number of benzene rings is 2. The Balaban J connectivity index is 1.73. The van der Waals surface area contributed by atoms with E-state index in [1.54, 1.807) is 0 Å². The SMILES string of the molecule is Cc1ccc(OCCC(=O)NCCNS(=O)(=O)c2cccc([N+](=O)[O-])c2)c(C)c1. The normalized spacial score (nSPS) is 11.1. The van der Waals surface area contributed by atoms with E-state index in [9.17, 15) is 23.3 Å². The number of nitrogens with zero attached hydrogens (tertiary/aromatic N) is 1. The largest absolute Gasteiger partial charge is 0.493 e. The van der Waals surface area contributed by atoms with Gasteiger partial charge in [-0.2, -0.15) is 0 Å². The number of hydrogen-bond acceptors (Lipinski definition) is 6. The van der Waals surface area contributed by atoms with Crippen molar-refractivity contribution in [2.75, 3.05) is 19.7 Å². The molecule has 0 heterocycles. The number of ether oxygens (including phenoxy) is 1. The Hall–Kier alpha value is -2.98. The van der Waals surface area contributed by atoms with Crippen LogP contribution < -0.4 is 14.8 Å². The summed E-state index contributed by atoms with van der Waals surface area (Å²) in [4.78, 5) is 21.7. The van der Waals surface area contributed by atoms with Crippen LogP contribution in [0.2, 0.25) is 0 Å². The summed E-state index contributed by atoms with van der Waals surface area (Å²) in [6, 6.07) is 10.5. The van der Waals surface area contributed by atoms with Crippen molar-refractivity contribution in [2.45, 2.75) is 25.2 Å². The van der Waals surface area contributed by atoms with E-state index < -0.39 is 14.9 Å². The molecular weight excluding hydrogens is 398 g/mol. The molecule has 0 aromatic heterocycles. The Labute approximate surface area is 169 Å². The number of aryl methyl sites for hydroxylation is 2. The highest BCUT2D eigenvalue weighted by Crippen LogP contribution is 2.19. The second-order valence-electron chi connectivity index (χ2n) is 6.37. The number of hydrogen-bond donors (Lipinski definition) is 2. The highest BCUT2D eigenvalue weighted by molar-refractivity contribution is 7.89. The standard InChI is InChI=1S/C19H23N3O6S/c1-14-6-7-18(15(2)12-14)28-11-8-19(23)20-9-10-21-29(26,27)17-5-3-4-16(13-17)22(24)25/h3-7,12-13,21H,8-11H2,1-2H3,(H,20,23). The highest BCUT2D eigenvalue weighted by atomic mass is 32.2. The molecule has 0 aliphatic rings. The predicted molar refractivity (Wildman–Crippen MR) is 107 cm³/mol. The molecule has 0 unspecified atom stereocenters. The van der Waals surface area contributed by atoms with E-state index in [2.05, 4.69) is 10.0 Å². The molecule has 0 atom stereocenters. The van der Waals surface area contributed by atoms with E-state index in [1.807, 2.05) is 32.0 Å². The first-order chi connectivity index (χ1) is 13.7. The van der Waals surface area contributed by atoms with Crippen molar-refractivity contribution < 1.29 is 22.9 Å². The first-order valence-electron chi connectivity index (χ1n) is 8.90. The van der Waals surface area contributed by atoms with E-state index in [-0.39, 0.29) is 42.6 Å². The Bertz CT molecular complexity index is 991. The summed E-state index contributed by atoms with van der Waals surface area (Å²) in [5.41, 5.74) is 1.80. The van der Waals surface area contributed by atoms with Crippen molar-refractivity contribution in [1.82, 2.24) is 10.0 Å². The summed E-state index contributed by atoms with van der Waals surface area (Å²) >= 11 is 0. The lowest BCUT2D eigenvalue weighted by molar-refractivity contribution is -0.385. The molecule has 2 aromatic rings. The van der Waals surface area contributed by atoms with E-state index >= 15 is 0 Å². The third kappa shape index (κ3) is 6.84. The summed E-state index contributed by atoms with van der Waals surface area (Å²) < 4.78 is 32.2. The average Bonchev–Trinajstić information content (AvgIpc) is 2.67. The van der Waals surface area contributed by atoms with Crippen LogP contribution in [0.4, 0.5) is 5.69 Å². The maximum atomic E-state index is 12.2. The molecule has 156 valence electrons. The Morgan fingerprint density at radius 1 is 1.14 bits per heavy atom. The quantitative estimate of drug-likeness (QED) is 0.343. The minimum absolute atomic E-state index is 0.0469. The second-order valence-corrected chi connectivity index (χ2v) is 8.14. The predicted octanol–water partition coefficient (Wildman–Crippen LogP) is 2.08. The molecule has 2 aromatic carbocycles. The number of nitro benzene ring substituents is 1. The van der Waals surface area contributed by atoms with Crippen molar-refractivity contribution in [3.05, 3.63) is 63.7 Å². The zero-order valence-electron chi connectivity index (χ0n) is 16.2. The van der Waals surface area contributed by atoms with Crippen LogP contribution in [0.15, 0.2) is 47.4 Å². The fourth-order valence-electron chi connectivity index (χ4n) is 2.54. The van der Waals surface area contributed by atoms with Gasteiger partial charge in [0.2, 0.25) is 15.9 Å². The van der Waals surface area contributed by atoms with Gasteiger partial charge < -0.3 is 10.1 Å². The van der Waals surface area contributed by atoms with Gasteiger partial charge in [-0.3, -0.25) is 14.9 Å². The molecule has 2 N–H and O–H groups in total. The van der Waals surface area contributed by atoms with Gasteiger partial charge in [-0.1, -0.05) is 23.8 Å². The fourth-order valence-corrected chi connectivity index (χ4v) is 3.61. The van der Waals surface area contributed by atoms with Gasteiger partial charge in [0.15, 0.2) is 0 Å². The number of amides is 1. The molecule has 0 saturated carbocycles. The van der Waals surface area contributed by atoms with Crippen LogP contribution in [0, 0.1) is 24.0 Å². The number of sulfonamides is 1. The minimum Gasteiger partial charge on any atom is -0.493 e. The molecular formula is C19H23N3O6S. The fraction of sp³-hybridized carbons (Fsp3) is 0.316. The molecule has 0 saturated heterocycles. The van der Waals surface area contributed by atoms with Crippen LogP contribution in [-0.2, 0) is 14.8 Å². The van der Waals surface area contributed by atoms with Crippen LogP contribution >= 0.6 is 0 Å². The molecule has 29 heavy (non-hydrogen) atoms. The third-order valence-electron chi connectivity index (χ3n) is 4.00. The molecule has 0 aliphatic carbocycles. The topological polar surface area (TPSA) is 128 Å². The summed E-state index contributed by atoms with van der Waals surface area (Å²) in [6.45, 7) is 4.15. The van der Waals surface area contributed by atoms with Gasteiger partial charge in [-0.05, 0) is 31.5 Å². The molecule has 1 amide bonds. The van der Waals surface area contributed by atoms with E-state index in [0.29, 0.717) is 5.75 Å². The van der Waals surface area contributed by atoms with Crippen molar-refractivity contribution >= 4 is 21.6 Å². The van der Waals surface area contributed by atoms with Crippen molar-refractivity contribution in [3.63, 3.8) is 0 Å². The Morgan fingerprint density at radius 2 is 1.90 bits per heavy atom. The average molecular weight is 421 g/mol. The molecule has 0 aliphatic heterocycles.